The Morgan fingerprint density at radius 3 is 2.85 bits per heavy atom. The Bertz CT molecular complexity index is 238. The third-order valence-corrected chi connectivity index (χ3v) is 1.85. The quantitative estimate of drug-likeness (QED) is 0.539. The fourth-order valence-electron chi connectivity index (χ4n) is 0.900. The lowest BCUT2D eigenvalue weighted by Crippen LogP contribution is -2.28. The van der Waals surface area contributed by atoms with Crippen LogP contribution in [0.5, 0.6) is 0 Å². The molecule has 1 atom stereocenters. The molecule has 0 spiro atoms. The first-order valence-corrected chi connectivity index (χ1v) is 4.63. The highest BCUT2D eigenvalue weighted by Crippen LogP contribution is 1.99. The van der Waals surface area contributed by atoms with Crippen LogP contribution in [0.3, 0.4) is 0 Å². The van der Waals surface area contributed by atoms with Crippen molar-refractivity contribution in [2.24, 2.45) is 0 Å². The molecular formula is C8H13N4S+. The first kappa shape index (κ1) is 11.8. The third-order valence-electron chi connectivity index (χ3n) is 1.56. The van der Waals surface area contributed by atoms with Crippen LogP contribution >= 0.6 is 12.2 Å². The summed E-state index contributed by atoms with van der Waals surface area (Å²) < 4.78 is 0. The van der Waals surface area contributed by atoms with E-state index in [1.165, 1.54) is 0 Å². The van der Waals surface area contributed by atoms with Gasteiger partial charge in [0.05, 0.1) is 24.0 Å². The van der Waals surface area contributed by atoms with Crippen LogP contribution in [0, 0.1) is 16.7 Å². The summed E-state index contributed by atoms with van der Waals surface area (Å²) in [5.41, 5.74) is 0. The molecule has 1 N–H and O–H groups in total. The van der Waals surface area contributed by atoms with Crippen LogP contribution in [0.2, 0.25) is 0 Å². The molecule has 0 amide bonds. The van der Waals surface area contributed by atoms with Gasteiger partial charge in [-0.1, -0.05) is 19.1 Å². The molecule has 0 fully saturated rings. The molecule has 70 valence electrons. The molecule has 0 aliphatic heterocycles. The minimum absolute atomic E-state index is 0.123. The lowest BCUT2D eigenvalue weighted by Gasteiger charge is -2.02. The first-order valence-electron chi connectivity index (χ1n) is 4.22. The standard InChI is InChI=1S/C8H12N4S/c1-2-3-7(12-10)6-11-8(13)4-5-9/h7H,2-4,6H2,1H3/p+1. The van der Waals surface area contributed by atoms with Gasteiger partial charge in [0, 0.05) is 6.42 Å². The van der Waals surface area contributed by atoms with E-state index in [2.05, 4.69) is 10.3 Å². The van der Waals surface area contributed by atoms with Crippen LogP contribution in [-0.2, 0) is 0 Å². The van der Waals surface area contributed by atoms with Crippen LogP contribution in [-0.4, -0.2) is 17.6 Å². The second-order valence-corrected chi connectivity index (χ2v) is 3.19. The van der Waals surface area contributed by atoms with E-state index in [0.717, 1.165) is 12.8 Å². The Morgan fingerprint density at radius 1 is 1.69 bits per heavy atom. The molecule has 13 heavy (non-hydrogen) atoms. The van der Waals surface area contributed by atoms with Crippen molar-refractivity contribution in [3.8, 4) is 6.07 Å². The molecule has 0 aliphatic rings. The van der Waals surface area contributed by atoms with Crippen LogP contribution in [0.25, 0.3) is 4.98 Å². The van der Waals surface area contributed by atoms with E-state index in [1.54, 1.807) is 0 Å². The van der Waals surface area contributed by atoms with Crippen molar-refractivity contribution >= 4 is 17.2 Å². The zero-order chi connectivity index (χ0) is 10.1. The number of diazo groups is 1. The molecule has 5 heteroatoms. The van der Waals surface area contributed by atoms with Crippen LogP contribution < -0.4 is 5.32 Å². The number of nitrogens with one attached hydrogen (secondary N) is 1. The van der Waals surface area contributed by atoms with Gasteiger partial charge in [0.1, 0.15) is 4.98 Å². The van der Waals surface area contributed by atoms with Gasteiger partial charge >= 0.3 is 6.04 Å². The molecule has 0 bridgehead atoms. The number of hydrogen-bond acceptors (Lipinski definition) is 3. The number of hydrogen-bond donors (Lipinski definition) is 1. The Kier molecular flexibility index (Phi) is 6.76. The van der Waals surface area contributed by atoms with E-state index in [9.17, 15) is 0 Å². The second-order valence-electron chi connectivity index (χ2n) is 2.70. The highest BCUT2D eigenvalue weighted by molar-refractivity contribution is 7.80. The van der Waals surface area contributed by atoms with Crippen molar-refractivity contribution in [1.82, 2.24) is 5.32 Å². The summed E-state index contributed by atoms with van der Waals surface area (Å²) >= 11 is 4.85. The minimum Gasteiger partial charge on any atom is -0.371 e. The van der Waals surface area contributed by atoms with Gasteiger partial charge in [-0.05, 0) is 6.42 Å². The summed E-state index contributed by atoms with van der Waals surface area (Å²) in [7, 11) is 0. The van der Waals surface area contributed by atoms with Gasteiger partial charge in [-0.2, -0.15) is 5.26 Å². The predicted molar refractivity (Wildman–Crippen MR) is 54.6 cm³/mol. The van der Waals surface area contributed by atoms with Crippen molar-refractivity contribution in [2.75, 3.05) is 6.54 Å². The van der Waals surface area contributed by atoms with Crippen LogP contribution in [0.4, 0.5) is 0 Å². The zero-order valence-corrected chi connectivity index (χ0v) is 8.47. The molecule has 0 aromatic heterocycles. The number of thiocarbonyl (C=S) groups is 1. The maximum Gasteiger partial charge on any atom is 0.331 e. The van der Waals surface area contributed by atoms with Gasteiger partial charge in [0.15, 0.2) is 0 Å². The lowest BCUT2D eigenvalue weighted by atomic mass is 10.2. The van der Waals surface area contributed by atoms with E-state index >= 15 is 0 Å². The van der Waals surface area contributed by atoms with E-state index in [0.29, 0.717) is 11.5 Å². The Hall–Kier alpha value is -1.20. The molecule has 0 radical (unpaired) electrons. The summed E-state index contributed by atoms with van der Waals surface area (Å²) in [6, 6.07) is 1.82. The smallest absolute Gasteiger partial charge is 0.331 e. The Morgan fingerprint density at radius 2 is 2.38 bits per heavy atom. The van der Waals surface area contributed by atoms with E-state index < -0.39 is 0 Å². The van der Waals surface area contributed by atoms with E-state index in [1.807, 2.05) is 13.0 Å². The second kappa shape index (κ2) is 7.45. The molecule has 0 heterocycles. The fraction of sp³-hybridized carbons (Fsp3) is 0.750. The Labute approximate surface area is 83.6 Å². The molecule has 0 saturated carbocycles. The summed E-state index contributed by atoms with van der Waals surface area (Å²) in [4.78, 5) is 3.71. The molecule has 0 rings (SSSR count). The van der Waals surface area contributed by atoms with Gasteiger partial charge < -0.3 is 5.32 Å². The molecular weight excluding hydrogens is 184 g/mol. The van der Waals surface area contributed by atoms with E-state index in [-0.39, 0.29) is 12.5 Å². The van der Waals surface area contributed by atoms with Gasteiger partial charge in [0.2, 0.25) is 5.39 Å². The third kappa shape index (κ3) is 6.01. The maximum atomic E-state index is 8.58. The van der Waals surface area contributed by atoms with Crippen LogP contribution in [0.1, 0.15) is 26.2 Å². The van der Waals surface area contributed by atoms with Crippen molar-refractivity contribution in [2.45, 2.75) is 32.2 Å². The van der Waals surface area contributed by atoms with Gasteiger partial charge in [-0.15, -0.1) is 0 Å². The van der Waals surface area contributed by atoms with E-state index in [4.69, 9.17) is 22.9 Å². The molecule has 4 nitrogen and oxygen atoms in total. The number of rotatable bonds is 5. The SMILES string of the molecule is CCCC(CNC(=S)CC#N)[N+]#N. The van der Waals surface area contributed by atoms with Gasteiger partial charge in [0.25, 0.3) is 0 Å². The maximum absolute atomic E-state index is 8.58. The molecule has 0 aliphatic carbocycles. The highest BCUT2D eigenvalue weighted by Gasteiger charge is 2.18. The monoisotopic (exact) mass is 197 g/mol. The molecule has 0 aromatic rings. The topological polar surface area (TPSA) is 64.0 Å². The van der Waals surface area contributed by atoms with Crippen LogP contribution in [0.15, 0.2) is 0 Å². The lowest BCUT2D eigenvalue weighted by molar-refractivity contribution is 0.645. The average Bonchev–Trinajstić information content (AvgIpc) is 2.12. The Balaban J connectivity index is 3.68. The summed E-state index contributed by atoms with van der Waals surface area (Å²) in [6.45, 7) is 2.52. The normalized spacial score (nSPS) is 11.0. The molecule has 1 unspecified atom stereocenters. The number of nitrogens with zero attached hydrogens (tertiary/aromatic N) is 3. The number of nitriles is 1. The fourth-order valence-corrected chi connectivity index (χ4v) is 1.05. The largest absolute Gasteiger partial charge is 0.371 e. The molecule has 0 saturated heterocycles. The van der Waals surface area contributed by atoms with Gasteiger partial charge in [-0.3, -0.25) is 0 Å². The van der Waals surface area contributed by atoms with Crippen molar-refractivity contribution in [1.29, 1.82) is 10.7 Å². The molecule has 0 aromatic carbocycles. The zero-order valence-electron chi connectivity index (χ0n) is 7.66. The summed E-state index contributed by atoms with van der Waals surface area (Å²) in [6.07, 6.45) is 2.00. The predicted octanol–water partition coefficient (Wildman–Crippen LogP) is 1.84. The summed E-state index contributed by atoms with van der Waals surface area (Å²) in [5, 5.41) is 19.8. The minimum atomic E-state index is -0.123. The van der Waals surface area contributed by atoms with Gasteiger partial charge in [-0.25, -0.2) is 0 Å². The van der Waals surface area contributed by atoms with Crippen molar-refractivity contribution in [3.63, 3.8) is 0 Å². The average molecular weight is 197 g/mol. The van der Waals surface area contributed by atoms with Crippen molar-refractivity contribution < 1.29 is 0 Å². The van der Waals surface area contributed by atoms with Crippen molar-refractivity contribution in [3.05, 3.63) is 4.98 Å². The first-order chi connectivity index (χ1) is 6.24. The summed E-state index contributed by atoms with van der Waals surface area (Å²) in [5.74, 6) is 0. The highest BCUT2D eigenvalue weighted by atomic mass is 32.1.